The van der Waals surface area contributed by atoms with Crippen LogP contribution in [0.15, 0.2) is 47.4 Å². The Morgan fingerprint density at radius 2 is 1.71 bits per heavy atom. The fourth-order valence-electron chi connectivity index (χ4n) is 3.32. The van der Waals surface area contributed by atoms with Gasteiger partial charge < -0.3 is 14.6 Å². The first kappa shape index (κ1) is 20.2. The lowest BCUT2D eigenvalue weighted by Crippen LogP contribution is -2.24. The van der Waals surface area contributed by atoms with E-state index >= 15 is 0 Å². The number of aromatic amines is 1. The third-order valence-corrected chi connectivity index (χ3v) is 6.78. The Morgan fingerprint density at radius 3 is 2.32 bits per heavy atom. The second-order valence-corrected chi connectivity index (χ2v) is 8.93. The maximum absolute atomic E-state index is 12.7. The van der Waals surface area contributed by atoms with Crippen LogP contribution in [0.1, 0.15) is 13.8 Å². The number of H-pyrrole nitrogens is 1. The number of fused-ring (bicyclic) bond motifs is 1. The van der Waals surface area contributed by atoms with E-state index in [-0.39, 0.29) is 4.90 Å². The van der Waals surface area contributed by atoms with Crippen molar-refractivity contribution in [3.63, 3.8) is 0 Å². The fourth-order valence-corrected chi connectivity index (χ4v) is 4.25. The number of hydrogen-bond acceptors (Lipinski definition) is 4. The first-order valence-electron chi connectivity index (χ1n) is 9.30. The van der Waals surface area contributed by atoms with Crippen molar-refractivity contribution in [2.24, 2.45) is 0 Å². The molecule has 0 spiro atoms. The van der Waals surface area contributed by atoms with Crippen LogP contribution in [-0.2, 0) is 10.0 Å². The van der Waals surface area contributed by atoms with Gasteiger partial charge in [-0.25, -0.2) is 12.7 Å². The van der Waals surface area contributed by atoms with E-state index in [1.807, 2.05) is 30.3 Å². The van der Waals surface area contributed by atoms with Gasteiger partial charge in [-0.2, -0.15) is 0 Å². The zero-order chi connectivity index (χ0) is 20.5. The molecule has 0 aliphatic carbocycles. The Bertz CT molecular complexity index is 1080. The van der Waals surface area contributed by atoms with Gasteiger partial charge in [0.25, 0.3) is 0 Å². The zero-order valence-corrected chi connectivity index (χ0v) is 17.8. The summed E-state index contributed by atoms with van der Waals surface area (Å²) in [4.78, 5) is 5.92. The van der Waals surface area contributed by atoms with E-state index in [1.54, 1.807) is 33.3 Å². The average molecular weight is 402 g/mol. The third kappa shape index (κ3) is 3.59. The van der Waals surface area contributed by atoms with Crippen LogP contribution in [0.4, 0.5) is 5.69 Å². The second kappa shape index (κ2) is 7.85. The Labute approximate surface area is 166 Å². The summed E-state index contributed by atoms with van der Waals surface area (Å²) in [5.41, 5.74) is 3.68. The molecule has 0 radical (unpaired) electrons. The number of ether oxygens (including phenoxy) is 1. The summed E-state index contributed by atoms with van der Waals surface area (Å²) in [6, 6.07) is 13.2. The molecule has 6 nitrogen and oxygen atoms in total. The predicted octanol–water partition coefficient (Wildman–Crippen LogP) is 3.94. The lowest BCUT2D eigenvalue weighted by molar-refractivity contribution is 0.415. The van der Waals surface area contributed by atoms with E-state index in [0.717, 1.165) is 46.7 Å². The number of rotatable bonds is 7. The van der Waals surface area contributed by atoms with Gasteiger partial charge in [0, 0.05) is 61.1 Å². The number of anilines is 1. The Hall–Kier alpha value is -2.51. The number of nitrogens with one attached hydrogen (secondary N) is 1. The summed E-state index contributed by atoms with van der Waals surface area (Å²) in [6.07, 6.45) is 0. The smallest absolute Gasteiger partial charge is 0.242 e. The lowest BCUT2D eigenvalue weighted by Gasteiger charge is -2.25. The Morgan fingerprint density at radius 1 is 1.00 bits per heavy atom. The predicted molar refractivity (Wildman–Crippen MR) is 115 cm³/mol. The Kier molecular flexibility index (Phi) is 5.67. The van der Waals surface area contributed by atoms with Crippen LogP contribution in [0.5, 0.6) is 5.75 Å². The first-order chi connectivity index (χ1) is 13.3. The highest BCUT2D eigenvalue weighted by molar-refractivity contribution is 7.89. The summed E-state index contributed by atoms with van der Waals surface area (Å²) >= 11 is 0. The summed E-state index contributed by atoms with van der Waals surface area (Å²) in [5.74, 6) is 0.772. The number of hydrogen-bond donors (Lipinski definition) is 1. The molecule has 0 saturated carbocycles. The molecule has 150 valence electrons. The molecule has 1 heterocycles. The van der Waals surface area contributed by atoms with Crippen molar-refractivity contribution in [1.29, 1.82) is 0 Å². The van der Waals surface area contributed by atoms with E-state index in [9.17, 15) is 8.42 Å². The molecular formula is C21H27N3O3S. The molecule has 0 unspecified atom stereocenters. The molecule has 3 rings (SSSR count). The topological polar surface area (TPSA) is 65.6 Å². The molecule has 2 aromatic carbocycles. The highest BCUT2D eigenvalue weighted by Crippen LogP contribution is 2.35. The highest BCUT2D eigenvalue weighted by Gasteiger charge is 2.21. The number of methoxy groups -OCH3 is 1. The minimum Gasteiger partial charge on any atom is -0.497 e. The molecule has 0 amide bonds. The van der Waals surface area contributed by atoms with E-state index in [4.69, 9.17) is 4.74 Å². The van der Waals surface area contributed by atoms with E-state index in [2.05, 4.69) is 23.7 Å². The van der Waals surface area contributed by atoms with Crippen molar-refractivity contribution in [3.05, 3.63) is 42.5 Å². The highest BCUT2D eigenvalue weighted by atomic mass is 32.2. The maximum atomic E-state index is 12.7. The van der Waals surface area contributed by atoms with E-state index < -0.39 is 10.0 Å². The molecule has 0 bridgehead atoms. The maximum Gasteiger partial charge on any atom is 0.242 e. The normalized spacial score (nSPS) is 11.9. The van der Waals surface area contributed by atoms with Gasteiger partial charge in [0.05, 0.1) is 12.0 Å². The fraction of sp³-hybridized carbons (Fsp3) is 0.333. The minimum atomic E-state index is -3.52. The van der Waals surface area contributed by atoms with Gasteiger partial charge in [0.2, 0.25) is 10.0 Å². The summed E-state index contributed by atoms with van der Waals surface area (Å²) in [5, 5.41) is 1.04. The molecule has 28 heavy (non-hydrogen) atoms. The molecule has 0 aliphatic rings. The molecule has 0 atom stereocenters. The molecule has 3 aromatic rings. The van der Waals surface area contributed by atoms with Crippen LogP contribution in [0.25, 0.3) is 22.2 Å². The van der Waals surface area contributed by atoms with Crippen molar-refractivity contribution in [2.45, 2.75) is 18.7 Å². The number of nitrogens with zero attached hydrogens (tertiary/aromatic N) is 2. The molecule has 0 aliphatic heterocycles. The number of benzene rings is 2. The summed E-state index contributed by atoms with van der Waals surface area (Å²) in [7, 11) is 1.20. The van der Waals surface area contributed by atoms with Crippen molar-refractivity contribution >= 4 is 26.6 Å². The molecular weight excluding hydrogens is 374 g/mol. The van der Waals surface area contributed by atoms with Crippen LogP contribution in [0.3, 0.4) is 0 Å². The van der Waals surface area contributed by atoms with Crippen LogP contribution in [-0.4, -0.2) is 52.0 Å². The van der Waals surface area contributed by atoms with Gasteiger partial charge >= 0.3 is 0 Å². The van der Waals surface area contributed by atoms with Gasteiger partial charge in [-0.3, -0.25) is 0 Å². The third-order valence-electron chi connectivity index (χ3n) is 4.97. The van der Waals surface area contributed by atoms with Crippen molar-refractivity contribution in [3.8, 4) is 17.0 Å². The minimum absolute atomic E-state index is 0.277. The quantitative estimate of drug-likeness (QED) is 0.651. The average Bonchev–Trinajstić information content (AvgIpc) is 3.11. The molecule has 1 aromatic heterocycles. The van der Waals surface area contributed by atoms with Crippen LogP contribution < -0.4 is 9.64 Å². The molecule has 7 heteroatoms. The molecule has 1 N–H and O–H groups in total. The van der Waals surface area contributed by atoms with Crippen molar-refractivity contribution in [2.75, 3.05) is 39.2 Å². The van der Waals surface area contributed by atoms with Crippen LogP contribution >= 0.6 is 0 Å². The van der Waals surface area contributed by atoms with Gasteiger partial charge in [-0.15, -0.1) is 0 Å². The zero-order valence-electron chi connectivity index (χ0n) is 17.0. The van der Waals surface area contributed by atoms with E-state index in [1.165, 1.54) is 4.31 Å². The van der Waals surface area contributed by atoms with Crippen molar-refractivity contribution in [1.82, 2.24) is 9.29 Å². The van der Waals surface area contributed by atoms with Gasteiger partial charge in [0.15, 0.2) is 0 Å². The Balaban J connectivity index is 2.23. The van der Waals surface area contributed by atoms with Gasteiger partial charge in [-0.05, 0) is 50.2 Å². The molecule has 0 saturated heterocycles. The SMILES string of the molecule is CCN(CC)c1ccc(S(=O)(=O)N(C)C)cc1-c1cc2ccc(OC)cc2[nH]1. The summed E-state index contributed by atoms with van der Waals surface area (Å²) < 4.78 is 31.9. The van der Waals surface area contributed by atoms with Gasteiger partial charge in [0.1, 0.15) is 5.75 Å². The standard InChI is InChI=1S/C21H27N3O3S/c1-6-24(7-2)21-11-10-17(28(25,26)23(3)4)14-18(21)20-12-15-8-9-16(27-5)13-19(15)22-20/h8-14,22H,6-7H2,1-5H3. The van der Waals surface area contributed by atoms with Crippen LogP contribution in [0.2, 0.25) is 0 Å². The summed E-state index contributed by atoms with van der Waals surface area (Å²) in [6.45, 7) is 5.84. The number of sulfonamides is 1. The monoisotopic (exact) mass is 401 g/mol. The number of aromatic nitrogens is 1. The molecule has 0 fully saturated rings. The second-order valence-electron chi connectivity index (χ2n) is 6.77. The van der Waals surface area contributed by atoms with Crippen molar-refractivity contribution < 1.29 is 13.2 Å². The van der Waals surface area contributed by atoms with Gasteiger partial charge in [-0.1, -0.05) is 0 Å². The lowest BCUT2D eigenvalue weighted by atomic mass is 10.1. The first-order valence-corrected chi connectivity index (χ1v) is 10.7. The van der Waals surface area contributed by atoms with Crippen LogP contribution in [0, 0.1) is 0 Å². The van der Waals surface area contributed by atoms with E-state index in [0.29, 0.717) is 0 Å². The largest absolute Gasteiger partial charge is 0.497 e.